The lowest BCUT2D eigenvalue weighted by atomic mass is 10.2. The summed E-state index contributed by atoms with van der Waals surface area (Å²) in [7, 11) is 0. The fourth-order valence-corrected chi connectivity index (χ4v) is 1.72. The monoisotopic (exact) mass is 363 g/mol. The second kappa shape index (κ2) is 5.59. The lowest BCUT2D eigenvalue weighted by Crippen LogP contribution is -2.03. The number of anilines is 1. The molecule has 0 atom stereocenters. The van der Waals surface area contributed by atoms with Crippen LogP contribution >= 0.6 is 34.2 Å². The van der Waals surface area contributed by atoms with Crippen LogP contribution < -0.4 is 5.32 Å². The van der Waals surface area contributed by atoms with Gasteiger partial charge < -0.3 is 5.32 Å². The quantitative estimate of drug-likeness (QED) is 0.849. The third-order valence-electron chi connectivity index (χ3n) is 2.05. The molecule has 0 spiro atoms. The second-order valence-corrected chi connectivity index (χ2v) is 4.98. The van der Waals surface area contributed by atoms with Gasteiger partial charge in [-0.1, -0.05) is 17.7 Å². The zero-order chi connectivity index (χ0) is 12.3. The van der Waals surface area contributed by atoms with Crippen molar-refractivity contribution in [3.63, 3.8) is 0 Å². The highest BCUT2D eigenvalue weighted by Crippen LogP contribution is 2.16. The molecule has 1 N–H and O–H groups in total. The van der Waals surface area contributed by atoms with Gasteiger partial charge in [-0.25, -0.2) is 14.4 Å². The fourth-order valence-electron chi connectivity index (χ4n) is 1.23. The van der Waals surface area contributed by atoms with Gasteiger partial charge in [0.15, 0.2) is 0 Å². The Hall–Kier alpha value is -0.950. The molecule has 0 unspecified atom stereocenters. The minimum absolute atomic E-state index is 0.118. The highest BCUT2D eigenvalue weighted by atomic mass is 127. The van der Waals surface area contributed by atoms with Crippen LogP contribution in [0.5, 0.6) is 0 Å². The van der Waals surface area contributed by atoms with Crippen LogP contribution in [0.25, 0.3) is 0 Å². The van der Waals surface area contributed by atoms with Crippen molar-refractivity contribution in [1.82, 2.24) is 9.97 Å². The van der Waals surface area contributed by atoms with Crippen molar-refractivity contribution in [3.05, 3.63) is 50.6 Å². The molecule has 0 aliphatic carbocycles. The predicted octanol–water partition coefficient (Wildman–Crippen LogP) is 3.49. The van der Waals surface area contributed by atoms with Gasteiger partial charge in [0.1, 0.15) is 5.82 Å². The van der Waals surface area contributed by atoms with Crippen LogP contribution in [0.1, 0.15) is 5.56 Å². The average Bonchev–Trinajstić information content (AvgIpc) is 2.33. The summed E-state index contributed by atoms with van der Waals surface area (Å²) in [5.74, 6) is 0.117. The molecule has 0 saturated heterocycles. The molecule has 0 fully saturated rings. The molecule has 1 heterocycles. The normalized spacial score (nSPS) is 10.3. The second-order valence-electron chi connectivity index (χ2n) is 3.33. The molecule has 1 aromatic carbocycles. The molecule has 0 saturated carbocycles. The van der Waals surface area contributed by atoms with E-state index in [0.29, 0.717) is 12.5 Å². The van der Waals surface area contributed by atoms with E-state index < -0.39 is 5.82 Å². The molecule has 0 aliphatic heterocycles. The Kier molecular flexibility index (Phi) is 4.11. The zero-order valence-corrected chi connectivity index (χ0v) is 11.5. The molecule has 88 valence electrons. The van der Waals surface area contributed by atoms with Crippen molar-refractivity contribution < 1.29 is 4.39 Å². The standard InChI is InChI=1S/C11H8ClFIN3/c12-9-3-7(1-2-10(9)13)4-15-11-16-5-8(14)6-17-11/h1-3,5-6H,4H2,(H,15,16,17). The van der Waals surface area contributed by atoms with E-state index in [0.717, 1.165) is 9.13 Å². The van der Waals surface area contributed by atoms with Crippen molar-refractivity contribution in [2.24, 2.45) is 0 Å². The summed E-state index contributed by atoms with van der Waals surface area (Å²) >= 11 is 7.81. The van der Waals surface area contributed by atoms with Crippen molar-refractivity contribution >= 4 is 40.1 Å². The summed E-state index contributed by atoms with van der Waals surface area (Å²) in [6.07, 6.45) is 3.43. The molecule has 0 bridgehead atoms. The Morgan fingerprint density at radius 3 is 2.65 bits per heavy atom. The largest absolute Gasteiger partial charge is 0.350 e. The zero-order valence-electron chi connectivity index (χ0n) is 8.62. The molecular formula is C11H8ClFIN3. The number of nitrogens with zero attached hydrogens (tertiary/aromatic N) is 2. The van der Waals surface area contributed by atoms with Gasteiger partial charge in [-0.3, -0.25) is 0 Å². The summed E-state index contributed by atoms with van der Waals surface area (Å²) in [6.45, 7) is 0.501. The van der Waals surface area contributed by atoms with Gasteiger partial charge in [0.25, 0.3) is 0 Å². The average molecular weight is 364 g/mol. The van der Waals surface area contributed by atoms with Crippen molar-refractivity contribution in [1.29, 1.82) is 0 Å². The highest BCUT2D eigenvalue weighted by molar-refractivity contribution is 14.1. The molecular weight excluding hydrogens is 355 g/mol. The van der Waals surface area contributed by atoms with E-state index in [1.807, 2.05) is 0 Å². The molecule has 6 heteroatoms. The van der Waals surface area contributed by atoms with E-state index in [-0.39, 0.29) is 5.02 Å². The predicted molar refractivity (Wildman–Crippen MR) is 73.5 cm³/mol. The van der Waals surface area contributed by atoms with Crippen LogP contribution in [0.4, 0.5) is 10.3 Å². The van der Waals surface area contributed by atoms with Crippen molar-refractivity contribution in [2.75, 3.05) is 5.32 Å². The number of nitrogens with one attached hydrogen (secondary N) is 1. The van der Waals surface area contributed by atoms with Gasteiger partial charge in [-0.2, -0.15) is 0 Å². The maximum Gasteiger partial charge on any atom is 0.222 e. The first kappa shape index (κ1) is 12.5. The van der Waals surface area contributed by atoms with Gasteiger partial charge in [0, 0.05) is 22.5 Å². The van der Waals surface area contributed by atoms with Gasteiger partial charge >= 0.3 is 0 Å². The summed E-state index contributed by atoms with van der Waals surface area (Å²) in [5.41, 5.74) is 0.874. The Morgan fingerprint density at radius 2 is 2.00 bits per heavy atom. The van der Waals surface area contributed by atoms with Gasteiger partial charge in [0.05, 0.1) is 5.02 Å². The van der Waals surface area contributed by atoms with Crippen LogP contribution in [0.15, 0.2) is 30.6 Å². The van der Waals surface area contributed by atoms with E-state index in [2.05, 4.69) is 37.9 Å². The summed E-state index contributed by atoms with van der Waals surface area (Å²) in [4.78, 5) is 8.19. The maximum absolute atomic E-state index is 12.9. The molecule has 17 heavy (non-hydrogen) atoms. The van der Waals surface area contributed by atoms with E-state index in [1.165, 1.54) is 6.07 Å². The first-order valence-electron chi connectivity index (χ1n) is 4.80. The molecule has 2 rings (SSSR count). The summed E-state index contributed by atoms with van der Waals surface area (Å²) < 4.78 is 13.9. The molecule has 0 radical (unpaired) electrons. The molecule has 2 aromatic rings. The van der Waals surface area contributed by atoms with Gasteiger partial charge in [-0.15, -0.1) is 0 Å². The lowest BCUT2D eigenvalue weighted by Gasteiger charge is -2.05. The molecule has 1 aromatic heterocycles. The Balaban J connectivity index is 2.02. The summed E-state index contributed by atoms with van der Waals surface area (Å²) in [5, 5.41) is 3.15. The minimum atomic E-state index is -0.416. The Labute approximate surface area is 117 Å². The highest BCUT2D eigenvalue weighted by Gasteiger charge is 2.01. The third-order valence-corrected chi connectivity index (χ3v) is 2.90. The van der Waals surface area contributed by atoms with Crippen molar-refractivity contribution in [3.8, 4) is 0 Å². The Morgan fingerprint density at radius 1 is 1.29 bits per heavy atom. The van der Waals surface area contributed by atoms with Crippen LogP contribution in [-0.2, 0) is 6.54 Å². The first-order chi connectivity index (χ1) is 8.15. The number of rotatable bonds is 3. The topological polar surface area (TPSA) is 37.8 Å². The van der Waals surface area contributed by atoms with Gasteiger partial charge in [-0.05, 0) is 40.3 Å². The maximum atomic E-state index is 12.9. The number of hydrogen-bond acceptors (Lipinski definition) is 3. The van der Waals surface area contributed by atoms with Crippen LogP contribution in [0.3, 0.4) is 0 Å². The molecule has 3 nitrogen and oxygen atoms in total. The molecule has 0 amide bonds. The summed E-state index contributed by atoms with van der Waals surface area (Å²) in [6, 6.07) is 4.59. The van der Waals surface area contributed by atoms with Crippen LogP contribution in [0, 0.1) is 9.39 Å². The smallest absolute Gasteiger partial charge is 0.222 e. The van der Waals surface area contributed by atoms with E-state index in [4.69, 9.17) is 11.6 Å². The number of aromatic nitrogens is 2. The lowest BCUT2D eigenvalue weighted by molar-refractivity contribution is 0.627. The third kappa shape index (κ3) is 3.50. The van der Waals surface area contributed by atoms with E-state index in [9.17, 15) is 4.39 Å². The van der Waals surface area contributed by atoms with Crippen LogP contribution in [-0.4, -0.2) is 9.97 Å². The van der Waals surface area contributed by atoms with Gasteiger partial charge in [0.2, 0.25) is 5.95 Å². The number of halogens is 3. The molecule has 0 aliphatic rings. The van der Waals surface area contributed by atoms with E-state index >= 15 is 0 Å². The Bertz CT molecular complexity index is 519. The number of hydrogen-bond donors (Lipinski definition) is 1. The van der Waals surface area contributed by atoms with Crippen LogP contribution in [0.2, 0.25) is 5.02 Å². The number of benzene rings is 1. The SMILES string of the molecule is Fc1ccc(CNc2ncc(I)cn2)cc1Cl. The fraction of sp³-hybridized carbons (Fsp3) is 0.0909. The van der Waals surface area contributed by atoms with E-state index in [1.54, 1.807) is 24.5 Å². The minimum Gasteiger partial charge on any atom is -0.350 e. The first-order valence-corrected chi connectivity index (χ1v) is 6.26. The van der Waals surface area contributed by atoms with Crippen molar-refractivity contribution in [2.45, 2.75) is 6.54 Å².